The van der Waals surface area contributed by atoms with Crippen molar-refractivity contribution in [1.29, 1.82) is 0 Å². The minimum Gasteiger partial charge on any atom is -0.296 e. The molecule has 169 valence electrons. The van der Waals surface area contributed by atoms with E-state index in [0.29, 0.717) is 0 Å². The summed E-state index contributed by atoms with van der Waals surface area (Å²) in [7, 11) is 0. The van der Waals surface area contributed by atoms with Gasteiger partial charge in [-0.3, -0.25) is 4.98 Å². The molecule has 35 heavy (non-hydrogen) atoms. The molecule has 5 aromatic carbocycles. The molecule has 0 bridgehead atoms. The van der Waals surface area contributed by atoms with Gasteiger partial charge in [-0.1, -0.05) is 91.0 Å². The van der Waals surface area contributed by atoms with Gasteiger partial charge in [0.25, 0.3) is 0 Å². The second-order valence-electron chi connectivity index (χ2n) is 8.41. The number of hydrogen-bond acceptors (Lipinski definition) is 1. The van der Waals surface area contributed by atoms with Gasteiger partial charge in [-0.25, -0.2) is 0 Å². The molecule has 6 rings (SSSR count). The third-order valence-corrected chi connectivity index (χ3v) is 6.16. The number of hydrogen-bond donors (Lipinski definition) is 0. The van der Waals surface area contributed by atoms with Gasteiger partial charge in [0.15, 0.2) is 0 Å². The molecular weight excluding hydrogens is 603 g/mol. The summed E-state index contributed by atoms with van der Waals surface area (Å²) in [5.74, 6) is 0. The molecule has 0 spiro atoms. The Balaban J connectivity index is 0.00000253. The summed E-state index contributed by atoms with van der Waals surface area (Å²) in [4.78, 5) is 4.88. The van der Waals surface area contributed by atoms with Gasteiger partial charge in [-0.15, -0.1) is 35.4 Å². The molecule has 0 aliphatic carbocycles. The van der Waals surface area contributed by atoms with Crippen LogP contribution in [0.4, 0.5) is 0 Å². The third-order valence-electron chi connectivity index (χ3n) is 6.16. The number of para-hydroxylation sites is 1. The van der Waals surface area contributed by atoms with Crippen LogP contribution >= 0.6 is 0 Å². The van der Waals surface area contributed by atoms with Crippen LogP contribution in [0, 0.1) is 6.07 Å². The number of rotatable bonds is 4. The van der Waals surface area contributed by atoms with Gasteiger partial charge in [0.05, 0.1) is 5.52 Å². The van der Waals surface area contributed by atoms with E-state index >= 15 is 0 Å². The third kappa shape index (κ3) is 4.86. The standard InChI is InChI=1S/C33H22N.Ir/c1-3-10-24(11-4-1)29-21-30(25-12-5-2-6-13-25)23-31(22-29)27-15-9-16-28(20-27)33-19-18-26-14-7-8-17-32(26)34-33;/h1-15,17-23H;/q-1;. The molecule has 0 fully saturated rings. The van der Waals surface area contributed by atoms with Crippen molar-refractivity contribution in [3.8, 4) is 44.6 Å². The molecule has 6 aromatic rings. The average Bonchev–Trinajstić information content (AvgIpc) is 2.93. The summed E-state index contributed by atoms with van der Waals surface area (Å²) in [5.41, 5.74) is 10.1. The molecule has 0 aliphatic heterocycles. The Morgan fingerprint density at radius 1 is 0.457 bits per heavy atom. The number of pyridine rings is 1. The molecule has 1 radical (unpaired) electrons. The molecule has 1 nitrogen and oxygen atoms in total. The Labute approximate surface area is 219 Å². The molecule has 0 N–H and O–H groups in total. The molecule has 0 saturated carbocycles. The Hall–Kier alpha value is -3.84. The smallest absolute Gasteiger partial charge is 0.0595 e. The minimum absolute atomic E-state index is 0. The second kappa shape index (κ2) is 10.2. The Bertz CT molecular complexity index is 1530. The van der Waals surface area contributed by atoms with E-state index in [0.717, 1.165) is 27.7 Å². The quantitative estimate of drug-likeness (QED) is 0.179. The van der Waals surface area contributed by atoms with Crippen molar-refractivity contribution in [2.45, 2.75) is 0 Å². The van der Waals surface area contributed by atoms with E-state index in [9.17, 15) is 0 Å². The van der Waals surface area contributed by atoms with Crippen molar-refractivity contribution in [2.24, 2.45) is 0 Å². The van der Waals surface area contributed by atoms with E-state index in [1.54, 1.807) is 0 Å². The Morgan fingerprint density at radius 3 is 1.69 bits per heavy atom. The normalized spacial score (nSPS) is 10.6. The fourth-order valence-corrected chi connectivity index (χ4v) is 4.40. The molecule has 2 heteroatoms. The molecule has 0 saturated heterocycles. The van der Waals surface area contributed by atoms with Gasteiger partial charge in [0, 0.05) is 20.1 Å². The second-order valence-corrected chi connectivity index (χ2v) is 8.41. The number of aromatic nitrogens is 1. The van der Waals surface area contributed by atoms with E-state index in [1.807, 2.05) is 18.2 Å². The van der Waals surface area contributed by atoms with Gasteiger partial charge in [-0.2, -0.15) is 0 Å². The molecule has 1 aromatic heterocycles. The van der Waals surface area contributed by atoms with E-state index < -0.39 is 0 Å². The monoisotopic (exact) mass is 625 g/mol. The summed E-state index contributed by atoms with van der Waals surface area (Å²) < 4.78 is 0. The van der Waals surface area contributed by atoms with Crippen LogP contribution in [-0.2, 0) is 20.1 Å². The predicted octanol–water partition coefficient (Wildman–Crippen LogP) is 8.70. The summed E-state index contributed by atoms with van der Waals surface area (Å²) in [6, 6.07) is 50.1. The summed E-state index contributed by atoms with van der Waals surface area (Å²) in [6.07, 6.45) is 0. The topological polar surface area (TPSA) is 12.9 Å². The zero-order chi connectivity index (χ0) is 22.7. The van der Waals surface area contributed by atoms with E-state index in [4.69, 9.17) is 4.98 Å². The Kier molecular flexibility index (Phi) is 6.68. The molecule has 0 unspecified atom stereocenters. The first kappa shape index (κ1) is 22.9. The van der Waals surface area contributed by atoms with Crippen molar-refractivity contribution in [3.63, 3.8) is 0 Å². The largest absolute Gasteiger partial charge is 0.296 e. The van der Waals surface area contributed by atoms with Crippen LogP contribution in [0.5, 0.6) is 0 Å². The molecule has 0 atom stereocenters. The summed E-state index contributed by atoms with van der Waals surface area (Å²) in [6.45, 7) is 0. The van der Waals surface area contributed by atoms with Crippen molar-refractivity contribution in [3.05, 3.63) is 140 Å². The van der Waals surface area contributed by atoms with Crippen LogP contribution in [0.1, 0.15) is 0 Å². The van der Waals surface area contributed by atoms with Gasteiger partial charge < -0.3 is 0 Å². The number of fused-ring (bicyclic) bond motifs is 1. The first-order chi connectivity index (χ1) is 16.8. The van der Waals surface area contributed by atoms with Gasteiger partial charge in [-0.05, 0) is 63.2 Å². The van der Waals surface area contributed by atoms with Gasteiger partial charge >= 0.3 is 0 Å². The minimum atomic E-state index is 0. The molecule has 0 amide bonds. The van der Waals surface area contributed by atoms with E-state index in [1.165, 1.54) is 27.8 Å². The predicted molar refractivity (Wildman–Crippen MR) is 142 cm³/mol. The van der Waals surface area contributed by atoms with Gasteiger partial charge in [0.1, 0.15) is 0 Å². The van der Waals surface area contributed by atoms with E-state index in [-0.39, 0.29) is 20.1 Å². The zero-order valence-electron chi connectivity index (χ0n) is 19.0. The molecular formula is C33H22IrN-. The van der Waals surface area contributed by atoms with Crippen LogP contribution in [0.3, 0.4) is 0 Å². The summed E-state index contributed by atoms with van der Waals surface area (Å²) >= 11 is 0. The zero-order valence-corrected chi connectivity index (χ0v) is 21.4. The van der Waals surface area contributed by atoms with Crippen LogP contribution in [0.15, 0.2) is 133 Å². The Morgan fingerprint density at radius 2 is 1.03 bits per heavy atom. The van der Waals surface area contributed by atoms with Crippen molar-refractivity contribution in [2.75, 3.05) is 0 Å². The SMILES string of the molecule is [Ir].[c-]1ccc(-c2cc(-c3ccccc3)cc(-c3ccccc3)c2)cc1-c1ccc2ccccc2n1. The van der Waals surface area contributed by atoms with Crippen LogP contribution in [-0.4, -0.2) is 4.98 Å². The number of nitrogens with zero attached hydrogens (tertiary/aromatic N) is 1. The fourth-order valence-electron chi connectivity index (χ4n) is 4.40. The molecule has 0 aliphatic rings. The van der Waals surface area contributed by atoms with Gasteiger partial charge in [0.2, 0.25) is 0 Å². The maximum Gasteiger partial charge on any atom is 0.0595 e. The molecule has 1 heterocycles. The average molecular weight is 625 g/mol. The van der Waals surface area contributed by atoms with Crippen molar-refractivity contribution >= 4 is 10.9 Å². The van der Waals surface area contributed by atoms with Crippen molar-refractivity contribution in [1.82, 2.24) is 4.98 Å². The van der Waals surface area contributed by atoms with E-state index in [2.05, 4.69) is 121 Å². The van der Waals surface area contributed by atoms with Crippen LogP contribution in [0.25, 0.3) is 55.5 Å². The maximum atomic E-state index is 4.88. The first-order valence-electron chi connectivity index (χ1n) is 11.5. The summed E-state index contributed by atoms with van der Waals surface area (Å²) in [5, 5.41) is 1.14. The van der Waals surface area contributed by atoms with Crippen LogP contribution in [0.2, 0.25) is 0 Å². The fraction of sp³-hybridized carbons (Fsp3) is 0. The first-order valence-corrected chi connectivity index (χ1v) is 11.5. The van der Waals surface area contributed by atoms with Crippen molar-refractivity contribution < 1.29 is 20.1 Å². The number of benzene rings is 5. The van der Waals surface area contributed by atoms with Crippen LogP contribution < -0.4 is 0 Å². The maximum absolute atomic E-state index is 4.88.